The topological polar surface area (TPSA) is 93.1 Å². The first kappa shape index (κ1) is 15.2. The largest absolute Gasteiger partial charge is 0.477 e. The Balaban J connectivity index is 1.95. The Morgan fingerprint density at radius 1 is 1.50 bits per heavy atom. The lowest BCUT2D eigenvalue weighted by molar-refractivity contribution is -0.163. The summed E-state index contributed by atoms with van der Waals surface area (Å²) < 4.78 is 0. The van der Waals surface area contributed by atoms with Gasteiger partial charge in [0.25, 0.3) is 0 Å². The molecule has 2 saturated heterocycles. The number of rotatable bonds is 2. The number of nitrogens with one attached hydrogen (secondary N) is 1. The number of carboxylic acid groups (broad SMARTS) is 1. The van der Waals surface area contributed by atoms with Gasteiger partial charge < -0.3 is 25.3 Å². The molecule has 120 valence electrons. The molecule has 7 nitrogen and oxygen atoms in total. The van der Waals surface area contributed by atoms with Crippen LogP contribution in [-0.2, 0) is 9.59 Å². The van der Waals surface area contributed by atoms with Crippen LogP contribution in [0, 0.1) is 11.8 Å². The number of nitrogens with zero attached hydrogens (tertiary/aromatic N) is 2. The Morgan fingerprint density at radius 2 is 2.18 bits per heavy atom. The summed E-state index contributed by atoms with van der Waals surface area (Å²) in [5, 5.41) is 22.8. The van der Waals surface area contributed by atoms with Crippen LogP contribution in [0.4, 0.5) is 0 Å². The van der Waals surface area contributed by atoms with Crippen molar-refractivity contribution in [1.29, 1.82) is 0 Å². The van der Waals surface area contributed by atoms with E-state index in [0.29, 0.717) is 18.2 Å². The molecule has 3 aliphatic rings. The average Bonchev–Trinajstić information content (AvgIpc) is 2.76. The SMILES string of the molecule is CNC(=S)N1CC[C@H]2C(=C(C(=O)O)N3C(=O)[C@H]([C@@H](C)O)[C@@H]23)C1. The van der Waals surface area contributed by atoms with Crippen LogP contribution in [-0.4, -0.2) is 69.3 Å². The van der Waals surface area contributed by atoms with Crippen LogP contribution in [0.2, 0.25) is 0 Å². The van der Waals surface area contributed by atoms with Gasteiger partial charge in [-0.05, 0) is 31.1 Å². The van der Waals surface area contributed by atoms with E-state index in [-0.39, 0.29) is 23.6 Å². The molecular weight excluding hydrogens is 306 g/mol. The number of amides is 1. The molecule has 3 N–H and O–H groups in total. The molecule has 0 saturated carbocycles. The van der Waals surface area contributed by atoms with Crippen molar-refractivity contribution in [2.45, 2.75) is 25.5 Å². The van der Waals surface area contributed by atoms with E-state index < -0.39 is 18.0 Å². The molecular formula is C14H19N3O4S. The molecule has 2 fully saturated rings. The van der Waals surface area contributed by atoms with Gasteiger partial charge in [-0.3, -0.25) is 4.79 Å². The fourth-order valence-corrected chi connectivity index (χ4v) is 4.09. The Morgan fingerprint density at radius 3 is 2.73 bits per heavy atom. The first-order chi connectivity index (χ1) is 10.4. The minimum Gasteiger partial charge on any atom is -0.477 e. The number of fused-ring (bicyclic) bond motifs is 3. The molecule has 22 heavy (non-hydrogen) atoms. The summed E-state index contributed by atoms with van der Waals surface area (Å²) >= 11 is 5.23. The molecule has 0 radical (unpaired) electrons. The molecule has 0 aliphatic carbocycles. The van der Waals surface area contributed by atoms with E-state index in [1.807, 2.05) is 4.90 Å². The predicted octanol–water partition coefficient (Wildman–Crippen LogP) is -0.627. The maximum atomic E-state index is 12.2. The molecule has 0 aromatic heterocycles. The fraction of sp³-hybridized carbons (Fsp3) is 0.643. The zero-order chi connectivity index (χ0) is 16.2. The number of β-lactam (4-membered cyclic amide) rings is 1. The smallest absolute Gasteiger partial charge is 0.352 e. The quantitative estimate of drug-likeness (QED) is 0.460. The second kappa shape index (κ2) is 5.20. The van der Waals surface area contributed by atoms with Gasteiger partial charge in [-0.25, -0.2) is 4.79 Å². The molecule has 3 heterocycles. The van der Waals surface area contributed by atoms with Crippen molar-refractivity contribution >= 4 is 29.2 Å². The van der Waals surface area contributed by atoms with Gasteiger partial charge in [0, 0.05) is 26.1 Å². The van der Waals surface area contributed by atoms with E-state index in [2.05, 4.69) is 5.32 Å². The van der Waals surface area contributed by atoms with Crippen LogP contribution in [0.1, 0.15) is 13.3 Å². The molecule has 0 aromatic rings. The van der Waals surface area contributed by atoms with Crippen LogP contribution < -0.4 is 5.32 Å². The number of aliphatic carboxylic acids is 1. The molecule has 3 aliphatic heterocycles. The molecule has 0 unspecified atom stereocenters. The summed E-state index contributed by atoms with van der Waals surface area (Å²) in [6.45, 7) is 2.72. The van der Waals surface area contributed by atoms with Crippen molar-refractivity contribution in [2.75, 3.05) is 20.1 Å². The second-order valence-corrected chi connectivity index (χ2v) is 6.40. The summed E-state index contributed by atoms with van der Waals surface area (Å²) in [6, 6.07) is -0.223. The highest BCUT2D eigenvalue weighted by molar-refractivity contribution is 7.80. The zero-order valence-corrected chi connectivity index (χ0v) is 13.3. The first-order valence-electron chi connectivity index (χ1n) is 7.32. The van der Waals surface area contributed by atoms with Gasteiger partial charge in [-0.2, -0.15) is 0 Å². The lowest BCUT2D eigenvalue weighted by atomic mass is 9.74. The minimum atomic E-state index is -1.09. The van der Waals surface area contributed by atoms with Gasteiger partial charge in [0.1, 0.15) is 5.70 Å². The van der Waals surface area contributed by atoms with E-state index in [1.165, 1.54) is 4.90 Å². The molecule has 4 atom stereocenters. The van der Waals surface area contributed by atoms with Crippen molar-refractivity contribution in [1.82, 2.24) is 15.1 Å². The van der Waals surface area contributed by atoms with Gasteiger partial charge in [0.15, 0.2) is 5.11 Å². The number of thiocarbonyl (C=S) groups is 1. The van der Waals surface area contributed by atoms with E-state index >= 15 is 0 Å². The highest BCUT2D eigenvalue weighted by atomic mass is 32.1. The van der Waals surface area contributed by atoms with Crippen LogP contribution in [0.25, 0.3) is 0 Å². The van der Waals surface area contributed by atoms with Gasteiger partial charge in [-0.1, -0.05) is 0 Å². The van der Waals surface area contributed by atoms with Crippen molar-refractivity contribution in [3.8, 4) is 0 Å². The van der Waals surface area contributed by atoms with Gasteiger partial charge >= 0.3 is 5.97 Å². The number of carboxylic acids is 1. The van der Waals surface area contributed by atoms with Gasteiger partial charge in [0.05, 0.1) is 18.1 Å². The monoisotopic (exact) mass is 325 g/mol. The highest BCUT2D eigenvalue weighted by Crippen LogP contribution is 2.49. The maximum absolute atomic E-state index is 12.2. The van der Waals surface area contributed by atoms with E-state index in [0.717, 1.165) is 12.0 Å². The Kier molecular flexibility index (Phi) is 3.60. The minimum absolute atomic E-state index is 0.000642. The van der Waals surface area contributed by atoms with Crippen molar-refractivity contribution in [3.05, 3.63) is 11.3 Å². The average molecular weight is 325 g/mol. The molecule has 0 spiro atoms. The highest BCUT2D eigenvalue weighted by Gasteiger charge is 2.61. The number of aliphatic hydroxyl groups excluding tert-OH is 1. The van der Waals surface area contributed by atoms with Crippen LogP contribution >= 0.6 is 12.2 Å². The molecule has 3 rings (SSSR count). The third-order valence-electron chi connectivity index (χ3n) is 4.89. The Hall–Kier alpha value is -1.67. The summed E-state index contributed by atoms with van der Waals surface area (Å²) in [5.41, 5.74) is 0.832. The van der Waals surface area contributed by atoms with Crippen molar-refractivity contribution in [2.24, 2.45) is 11.8 Å². The summed E-state index contributed by atoms with van der Waals surface area (Å²) in [4.78, 5) is 27.1. The van der Waals surface area contributed by atoms with Crippen molar-refractivity contribution in [3.63, 3.8) is 0 Å². The Bertz CT molecular complexity index is 589. The number of carbonyl (C=O) groups is 2. The van der Waals surface area contributed by atoms with Gasteiger partial charge in [0.2, 0.25) is 5.91 Å². The maximum Gasteiger partial charge on any atom is 0.352 e. The third kappa shape index (κ3) is 1.94. The van der Waals surface area contributed by atoms with E-state index in [4.69, 9.17) is 12.2 Å². The fourth-order valence-electron chi connectivity index (χ4n) is 3.94. The molecule has 0 bridgehead atoms. The Labute approximate surface area is 133 Å². The molecule has 0 aromatic carbocycles. The number of aliphatic hydroxyl groups is 1. The van der Waals surface area contributed by atoms with Crippen LogP contribution in [0.5, 0.6) is 0 Å². The third-order valence-corrected chi connectivity index (χ3v) is 5.35. The lowest BCUT2D eigenvalue weighted by Crippen LogP contribution is -2.64. The zero-order valence-electron chi connectivity index (χ0n) is 12.4. The number of hydrogen-bond acceptors (Lipinski definition) is 4. The molecule has 8 heteroatoms. The number of piperidine rings is 1. The summed E-state index contributed by atoms with van der Waals surface area (Å²) in [6.07, 6.45) is -0.0365. The number of carbonyl (C=O) groups excluding carboxylic acids is 1. The summed E-state index contributed by atoms with van der Waals surface area (Å²) in [7, 11) is 1.73. The van der Waals surface area contributed by atoms with Gasteiger partial charge in [-0.15, -0.1) is 0 Å². The van der Waals surface area contributed by atoms with Crippen LogP contribution in [0.15, 0.2) is 11.3 Å². The van der Waals surface area contributed by atoms with E-state index in [1.54, 1.807) is 14.0 Å². The summed E-state index contributed by atoms with van der Waals surface area (Å²) in [5.74, 6) is -1.88. The number of hydrogen-bond donors (Lipinski definition) is 3. The number of likely N-dealkylation sites (tertiary alicyclic amines) is 1. The molecule has 1 amide bonds. The normalized spacial score (nSPS) is 31.4. The first-order valence-corrected chi connectivity index (χ1v) is 7.73. The second-order valence-electron chi connectivity index (χ2n) is 6.02. The van der Waals surface area contributed by atoms with Crippen molar-refractivity contribution < 1.29 is 19.8 Å². The lowest BCUT2D eigenvalue weighted by Gasteiger charge is -2.48. The van der Waals surface area contributed by atoms with Crippen LogP contribution in [0.3, 0.4) is 0 Å². The standard InChI is InChI=1S/C14H19N3O4S/c1-6(18)9-10-7-3-4-16(14(22)15-2)5-8(7)11(13(20)21)17(10)12(9)19/h6-7,9-10,18H,3-5H2,1-2H3,(H,15,22)(H,20,21)/t6-,7+,9-,10-/m1/s1. The predicted molar refractivity (Wildman–Crippen MR) is 81.8 cm³/mol. The van der Waals surface area contributed by atoms with E-state index in [9.17, 15) is 19.8 Å².